The molecule has 164 valence electrons. The Labute approximate surface area is 177 Å². The number of halogens is 3. The van der Waals surface area contributed by atoms with Crippen molar-refractivity contribution in [2.24, 2.45) is 7.05 Å². The third-order valence-corrected chi connectivity index (χ3v) is 7.35. The van der Waals surface area contributed by atoms with Gasteiger partial charge < -0.3 is 9.47 Å². The van der Waals surface area contributed by atoms with Crippen LogP contribution in [0.5, 0.6) is 0 Å². The van der Waals surface area contributed by atoms with Gasteiger partial charge in [0.2, 0.25) is 10.0 Å². The summed E-state index contributed by atoms with van der Waals surface area (Å²) in [6.45, 7) is 0.324. The second kappa shape index (κ2) is 7.69. The first-order valence-electron chi connectivity index (χ1n) is 9.60. The number of hydrogen-bond acceptors (Lipinski definition) is 3. The normalized spacial score (nSPS) is 16.1. The second-order valence-corrected chi connectivity index (χ2v) is 9.33. The fourth-order valence-corrected chi connectivity index (χ4v) is 5.26. The number of para-hydroxylation sites is 1. The molecule has 0 atom stereocenters. The number of aryl methyl sites for hydroxylation is 1. The lowest BCUT2D eigenvalue weighted by atomic mass is 10.1. The molecule has 0 unspecified atom stereocenters. The molecule has 1 aromatic heterocycles. The maximum atomic E-state index is 13.0. The summed E-state index contributed by atoms with van der Waals surface area (Å²) in [5.74, 6) is -0.201. The molecule has 1 fully saturated rings. The van der Waals surface area contributed by atoms with Crippen molar-refractivity contribution in [3.05, 3.63) is 65.9 Å². The number of alkyl halides is 3. The summed E-state index contributed by atoms with van der Waals surface area (Å²) >= 11 is 0. The zero-order chi connectivity index (χ0) is 22.4. The van der Waals surface area contributed by atoms with Crippen LogP contribution in [0.4, 0.5) is 13.2 Å². The van der Waals surface area contributed by atoms with Gasteiger partial charge in [0, 0.05) is 50.3 Å². The summed E-state index contributed by atoms with van der Waals surface area (Å²) < 4.78 is 67.5. The van der Waals surface area contributed by atoms with Crippen LogP contribution in [0.1, 0.15) is 15.9 Å². The summed E-state index contributed by atoms with van der Waals surface area (Å²) in [5, 5.41) is 0.814. The fourth-order valence-electron chi connectivity index (χ4n) is 3.80. The monoisotopic (exact) mass is 451 g/mol. The molecule has 1 saturated heterocycles. The Balaban J connectivity index is 1.51. The van der Waals surface area contributed by atoms with Crippen LogP contribution in [0, 0.1) is 0 Å². The van der Waals surface area contributed by atoms with Gasteiger partial charge >= 0.3 is 6.18 Å². The smallest absolute Gasteiger partial charge is 0.350 e. The number of sulfonamides is 1. The Hall–Kier alpha value is -2.85. The van der Waals surface area contributed by atoms with E-state index >= 15 is 0 Å². The molecule has 0 saturated carbocycles. The summed E-state index contributed by atoms with van der Waals surface area (Å²) in [6.07, 6.45) is -2.88. The Bertz CT molecular complexity index is 1240. The van der Waals surface area contributed by atoms with Gasteiger partial charge in [0.15, 0.2) is 0 Å². The first kappa shape index (κ1) is 21.4. The van der Waals surface area contributed by atoms with E-state index in [2.05, 4.69) is 0 Å². The highest BCUT2D eigenvalue weighted by atomic mass is 32.2. The van der Waals surface area contributed by atoms with E-state index in [0.717, 1.165) is 33.4 Å². The molecule has 1 aliphatic heterocycles. The Morgan fingerprint density at radius 1 is 0.968 bits per heavy atom. The number of hydrogen-bond donors (Lipinski definition) is 0. The predicted molar refractivity (Wildman–Crippen MR) is 109 cm³/mol. The Morgan fingerprint density at radius 2 is 1.65 bits per heavy atom. The van der Waals surface area contributed by atoms with E-state index in [-0.39, 0.29) is 32.1 Å². The number of piperazine rings is 1. The third kappa shape index (κ3) is 3.92. The summed E-state index contributed by atoms with van der Waals surface area (Å²) in [7, 11) is -2.25. The van der Waals surface area contributed by atoms with Crippen LogP contribution in [0.15, 0.2) is 59.6 Å². The van der Waals surface area contributed by atoms with Crippen molar-refractivity contribution >= 4 is 26.8 Å². The lowest BCUT2D eigenvalue weighted by molar-refractivity contribution is -0.137. The summed E-state index contributed by atoms with van der Waals surface area (Å²) in [5.41, 5.74) is 0.433. The van der Waals surface area contributed by atoms with Crippen molar-refractivity contribution < 1.29 is 26.4 Å². The lowest BCUT2D eigenvalue weighted by Gasteiger charge is -2.34. The molecule has 2 aromatic carbocycles. The molecule has 0 bridgehead atoms. The minimum atomic E-state index is -4.63. The highest BCUT2D eigenvalue weighted by Gasteiger charge is 2.34. The van der Waals surface area contributed by atoms with Crippen LogP contribution in [-0.4, -0.2) is 54.3 Å². The first-order valence-corrected chi connectivity index (χ1v) is 11.0. The van der Waals surface area contributed by atoms with Gasteiger partial charge in [-0.15, -0.1) is 0 Å². The number of carbonyl (C=O) groups is 1. The Morgan fingerprint density at radius 3 is 2.32 bits per heavy atom. The van der Waals surface area contributed by atoms with Gasteiger partial charge in [-0.1, -0.05) is 24.3 Å². The van der Waals surface area contributed by atoms with Crippen LogP contribution in [0.3, 0.4) is 0 Å². The maximum Gasteiger partial charge on any atom is 0.416 e. The third-order valence-electron chi connectivity index (χ3n) is 5.45. The molecule has 0 spiro atoms. The van der Waals surface area contributed by atoms with Crippen molar-refractivity contribution in [1.29, 1.82) is 0 Å². The summed E-state index contributed by atoms with van der Waals surface area (Å²) in [4.78, 5) is 14.2. The van der Waals surface area contributed by atoms with E-state index in [1.165, 1.54) is 0 Å². The van der Waals surface area contributed by atoms with E-state index in [4.69, 9.17) is 0 Å². The quantitative estimate of drug-likeness (QED) is 0.614. The van der Waals surface area contributed by atoms with Crippen molar-refractivity contribution in [3.8, 4) is 0 Å². The van der Waals surface area contributed by atoms with E-state index in [9.17, 15) is 26.4 Å². The van der Waals surface area contributed by atoms with Crippen molar-refractivity contribution in [1.82, 2.24) is 13.8 Å². The average molecular weight is 451 g/mol. The molecule has 1 aliphatic rings. The zero-order valence-corrected chi connectivity index (χ0v) is 17.4. The van der Waals surface area contributed by atoms with E-state index in [1.54, 1.807) is 11.1 Å². The summed E-state index contributed by atoms with van der Waals surface area (Å²) in [6, 6.07) is 11.2. The van der Waals surface area contributed by atoms with Crippen LogP contribution in [0.25, 0.3) is 10.9 Å². The highest BCUT2D eigenvalue weighted by Crippen LogP contribution is 2.31. The molecular formula is C21H20F3N3O3S. The van der Waals surface area contributed by atoms with Crippen molar-refractivity contribution in [2.75, 3.05) is 26.2 Å². The topological polar surface area (TPSA) is 62.6 Å². The standard InChI is InChI=1S/C21H20F3N3O3S/c1-25-14-18(17-7-2-3-8-19(17)25)20(28)26-9-11-27(12-10-26)31(29,30)16-6-4-5-15(13-16)21(22,23)24/h2-8,13-14H,9-12H2,1H3. The molecule has 2 heterocycles. The van der Waals surface area contributed by atoms with Gasteiger partial charge in [-0.05, 0) is 24.3 Å². The number of amides is 1. The van der Waals surface area contributed by atoms with E-state index in [1.807, 2.05) is 35.9 Å². The molecule has 4 rings (SSSR count). The number of fused-ring (bicyclic) bond motifs is 1. The van der Waals surface area contributed by atoms with Gasteiger partial charge in [-0.25, -0.2) is 8.42 Å². The number of nitrogens with zero attached hydrogens (tertiary/aromatic N) is 3. The van der Waals surface area contributed by atoms with Gasteiger partial charge in [0.25, 0.3) is 5.91 Å². The lowest BCUT2D eigenvalue weighted by Crippen LogP contribution is -2.50. The van der Waals surface area contributed by atoms with Crippen LogP contribution in [-0.2, 0) is 23.2 Å². The second-order valence-electron chi connectivity index (χ2n) is 7.39. The molecule has 0 aliphatic carbocycles. The zero-order valence-electron chi connectivity index (χ0n) is 16.6. The number of rotatable bonds is 3. The average Bonchev–Trinajstić information content (AvgIpc) is 3.09. The minimum Gasteiger partial charge on any atom is -0.350 e. The van der Waals surface area contributed by atoms with Crippen LogP contribution < -0.4 is 0 Å². The largest absolute Gasteiger partial charge is 0.416 e. The maximum absolute atomic E-state index is 13.0. The molecule has 31 heavy (non-hydrogen) atoms. The van der Waals surface area contributed by atoms with Gasteiger partial charge in [0.05, 0.1) is 16.0 Å². The Kier molecular flexibility index (Phi) is 5.30. The molecule has 0 N–H and O–H groups in total. The fraction of sp³-hybridized carbons (Fsp3) is 0.286. The molecular weight excluding hydrogens is 431 g/mol. The van der Waals surface area contributed by atoms with Gasteiger partial charge in [-0.2, -0.15) is 17.5 Å². The SMILES string of the molecule is Cn1cc(C(=O)N2CCN(S(=O)(=O)c3cccc(C(F)(F)F)c3)CC2)c2ccccc21. The molecule has 0 radical (unpaired) electrons. The molecule has 3 aromatic rings. The number of carbonyl (C=O) groups excluding carboxylic acids is 1. The van der Waals surface area contributed by atoms with Crippen LogP contribution in [0.2, 0.25) is 0 Å². The molecule has 1 amide bonds. The van der Waals surface area contributed by atoms with Gasteiger partial charge in [0.1, 0.15) is 0 Å². The van der Waals surface area contributed by atoms with Crippen molar-refractivity contribution in [2.45, 2.75) is 11.1 Å². The first-order chi connectivity index (χ1) is 14.6. The van der Waals surface area contributed by atoms with Gasteiger partial charge in [-0.3, -0.25) is 4.79 Å². The van der Waals surface area contributed by atoms with Crippen LogP contribution >= 0.6 is 0 Å². The molecule has 10 heteroatoms. The number of benzene rings is 2. The molecule has 6 nitrogen and oxygen atoms in total. The van der Waals surface area contributed by atoms with E-state index < -0.39 is 26.7 Å². The highest BCUT2D eigenvalue weighted by molar-refractivity contribution is 7.89. The van der Waals surface area contributed by atoms with E-state index in [0.29, 0.717) is 11.6 Å². The van der Waals surface area contributed by atoms with Crippen molar-refractivity contribution in [3.63, 3.8) is 0 Å². The minimum absolute atomic E-state index is 0.00901. The predicted octanol–water partition coefficient (Wildman–Crippen LogP) is 3.34. The number of aromatic nitrogens is 1.